The van der Waals surface area contributed by atoms with E-state index in [2.05, 4.69) is 12.6 Å². The Morgan fingerprint density at radius 1 is 1.80 bits per heavy atom. The molecule has 0 saturated carbocycles. The van der Waals surface area contributed by atoms with Gasteiger partial charge in [-0.25, -0.2) is 4.79 Å². The van der Waals surface area contributed by atoms with Gasteiger partial charge in [0.1, 0.15) is 0 Å². The van der Waals surface area contributed by atoms with Crippen LogP contribution in [0.3, 0.4) is 0 Å². The smallest absolute Gasteiger partial charge is 0.336 e. The lowest BCUT2D eigenvalue weighted by Crippen LogP contribution is -1.94. The highest BCUT2D eigenvalue weighted by Crippen LogP contribution is 2.23. The number of rotatable bonds is 1. The zero-order valence-electron chi connectivity index (χ0n) is 5.29. The molecule has 0 saturated heterocycles. The molecule has 0 atom stereocenters. The van der Waals surface area contributed by atoms with Crippen LogP contribution in [-0.4, -0.2) is 11.1 Å². The molecule has 0 unspecified atom stereocenters. The summed E-state index contributed by atoms with van der Waals surface area (Å²) in [6.07, 6.45) is 0. The van der Waals surface area contributed by atoms with Gasteiger partial charge in [-0.05, 0) is 13.0 Å². The molecular formula is C6H6O2S2. The Bertz CT molecular complexity index is 265. The maximum atomic E-state index is 10.4. The molecule has 54 valence electrons. The van der Waals surface area contributed by atoms with Crippen molar-refractivity contribution in [1.82, 2.24) is 0 Å². The van der Waals surface area contributed by atoms with Crippen molar-refractivity contribution in [3.63, 3.8) is 0 Å². The predicted molar refractivity (Wildman–Crippen MR) is 43.3 cm³/mol. The molecule has 0 aliphatic rings. The first kappa shape index (κ1) is 7.63. The van der Waals surface area contributed by atoms with Crippen LogP contribution in [0.4, 0.5) is 0 Å². The number of hydrogen-bond acceptors (Lipinski definition) is 3. The van der Waals surface area contributed by atoms with Gasteiger partial charge in [-0.2, -0.15) is 0 Å². The summed E-state index contributed by atoms with van der Waals surface area (Å²) >= 11 is 5.41. The Labute approximate surface area is 67.9 Å². The fraction of sp³-hybridized carbons (Fsp3) is 0.167. The first-order valence-corrected chi connectivity index (χ1v) is 3.90. The number of carboxylic acids is 1. The number of carbonyl (C=O) groups is 1. The molecule has 1 aromatic rings. The Hall–Kier alpha value is -0.480. The van der Waals surface area contributed by atoms with Crippen LogP contribution in [0.5, 0.6) is 0 Å². The van der Waals surface area contributed by atoms with Crippen molar-refractivity contribution in [2.75, 3.05) is 0 Å². The second kappa shape index (κ2) is 2.64. The van der Waals surface area contributed by atoms with Crippen molar-refractivity contribution >= 4 is 29.9 Å². The van der Waals surface area contributed by atoms with E-state index < -0.39 is 5.97 Å². The molecule has 0 amide bonds. The number of thiophene rings is 1. The summed E-state index contributed by atoms with van der Waals surface area (Å²) in [5.41, 5.74) is 0.356. The fourth-order valence-electron chi connectivity index (χ4n) is 0.679. The van der Waals surface area contributed by atoms with Gasteiger partial charge in [0.15, 0.2) is 0 Å². The van der Waals surface area contributed by atoms with Crippen molar-refractivity contribution < 1.29 is 9.90 Å². The summed E-state index contributed by atoms with van der Waals surface area (Å²) in [5, 5.41) is 8.55. The molecule has 10 heavy (non-hydrogen) atoms. The predicted octanol–water partition coefficient (Wildman–Crippen LogP) is 2.04. The SMILES string of the molecule is Cc1sc(S)cc1C(=O)O. The zero-order valence-corrected chi connectivity index (χ0v) is 7.00. The van der Waals surface area contributed by atoms with Crippen molar-refractivity contribution in [3.8, 4) is 0 Å². The second-order valence-corrected chi connectivity index (χ2v) is 3.90. The first-order chi connectivity index (χ1) is 4.61. The molecule has 4 heteroatoms. The highest BCUT2D eigenvalue weighted by molar-refractivity contribution is 7.82. The number of aryl methyl sites for hydroxylation is 1. The number of aromatic carboxylic acids is 1. The first-order valence-electron chi connectivity index (χ1n) is 2.64. The molecule has 0 spiro atoms. The monoisotopic (exact) mass is 174 g/mol. The van der Waals surface area contributed by atoms with Gasteiger partial charge >= 0.3 is 5.97 Å². The lowest BCUT2D eigenvalue weighted by atomic mass is 10.3. The maximum absolute atomic E-state index is 10.4. The molecule has 1 aromatic heterocycles. The van der Waals surface area contributed by atoms with Crippen molar-refractivity contribution in [1.29, 1.82) is 0 Å². The lowest BCUT2D eigenvalue weighted by molar-refractivity contribution is 0.0696. The summed E-state index contributed by atoms with van der Waals surface area (Å²) in [5.74, 6) is -0.881. The third kappa shape index (κ3) is 1.33. The average molecular weight is 174 g/mol. The normalized spacial score (nSPS) is 9.80. The molecule has 0 radical (unpaired) electrons. The van der Waals surface area contributed by atoms with E-state index in [1.54, 1.807) is 13.0 Å². The van der Waals surface area contributed by atoms with Gasteiger partial charge in [0.25, 0.3) is 0 Å². The molecule has 0 aromatic carbocycles. The largest absolute Gasteiger partial charge is 0.478 e. The fourth-order valence-corrected chi connectivity index (χ4v) is 1.97. The summed E-state index contributed by atoms with van der Waals surface area (Å²) in [6, 6.07) is 1.56. The average Bonchev–Trinajstić information content (AvgIpc) is 2.10. The summed E-state index contributed by atoms with van der Waals surface area (Å²) < 4.78 is 0.745. The summed E-state index contributed by atoms with van der Waals surface area (Å²) in [6.45, 7) is 1.77. The van der Waals surface area contributed by atoms with Crippen LogP contribution in [0.2, 0.25) is 0 Å². The second-order valence-electron chi connectivity index (χ2n) is 1.86. The molecule has 0 aliphatic carbocycles. The quantitative estimate of drug-likeness (QED) is 0.639. The van der Waals surface area contributed by atoms with Crippen LogP contribution >= 0.6 is 24.0 Å². The van der Waals surface area contributed by atoms with E-state index in [0.717, 1.165) is 9.09 Å². The zero-order chi connectivity index (χ0) is 7.72. The third-order valence-corrected chi connectivity index (χ3v) is 2.39. The highest BCUT2D eigenvalue weighted by atomic mass is 32.2. The Morgan fingerprint density at radius 2 is 2.40 bits per heavy atom. The van der Waals surface area contributed by atoms with E-state index in [1.807, 2.05) is 0 Å². The van der Waals surface area contributed by atoms with Gasteiger partial charge in [-0.1, -0.05) is 0 Å². The van der Waals surface area contributed by atoms with Gasteiger partial charge in [0.2, 0.25) is 0 Å². The van der Waals surface area contributed by atoms with Crippen LogP contribution in [0.25, 0.3) is 0 Å². The lowest BCUT2D eigenvalue weighted by Gasteiger charge is -1.86. The summed E-state index contributed by atoms with van der Waals surface area (Å²) in [4.78, 5) is 11.2. The minimum atomic E-state index is -0.881. The third-order valence-electron chi connectivity index (χ3n) is 1.14. The Morgan fingerprint density at radius 3 is 2.60 bits per heavy atom. The van der Waals surface area contributed by atoms with Crippen LogP contribution < -0.4 is 0 Å². The van der Waals surface area contributed by atoms with Crippen LogP contribution in [0, 0.1) is 6.92 Å². The molecular weight excluding hydrogens is 168 g/mol. The van der Waals surface area contributed by atoms with Gasteiger partial charge in [-0.15, -0.1) is 24.0 Å². The Kier molecular flexibility index (Phi) is 2.01. The van der Waals surface area contributed by atoms with E-state index in [1.165, 1.54) is 11.3 Å². The van der Waals surface area contributed by atoms with E-state index in [-0.39, 0.29) is 0 Å². The van der Waals surface area contributed by atoms with Gasteiger partial charge in [0.05, 0.1) is 9.77 Å². The van der Waals surface area contributed by atoms with E-state index in [0.29, 0.717) is 5.56 Å². The van der Waals surface area contributed by atoms with E-state index in [9.17, 15) is 4.79 Å². The number of hydrogen-bond donors (Lipinski definition) is 2. The molecule has 1 heterocycles. The molecule has 1 N–H and O–H groups in total. The summed E-state index contributed by atoms with van der Waals surface area (Å²) in [7, 11) is 0. The van der Waals surface area contributed by atoms with Crippen molar-refractivity contribution in [2.24, 2.45) is 0 Å². The molecule has 0 fully saturated rings. The van der Waals surface area contributed by atoms with Gasteiger partial charge < -0.3 is 5.11 Å². The van der Waals surface area contributed by atoms with Crippen LogP contribution in [0.15, 0.2) is 10.3 Å². The number of carboxylic acid groups (broad SMARTS) is 1. The number of thiol groups is 1. The van der Waals surface area contributed by atoms with Crippen LogP contribution in [0.1, 0.15) is 15.2 Å². The molecule has 0 aliphatic heterocycles. The van der Waals surface area contributed by atoms with E-state index >= 15 is 0 Å². The molecule has 1 rings (SSSR count). The van der Waals surface area contributed by atoms with Crippen molar-refractivity contribution in [3.05, 3.63) is 16.5 Å². The minimum Gasteiger partial charge on any atom is -0.478 e. The molecule has 0 bridgehead atoms. The van der Waals surface area contributed by atoms with Crippen molar-refractivity contribution in [2.45, 2.75) is 11.1 Å². The van der Waals surface area contributed by atoms with Crippen LogP contribution in [-0.2, 0) is 0 Å². The van der Waals surface area contributed by atoms with Gasteiger partial charge in [-0.3, -0.25) is 0 Å². The highest BCUT2D eigenvalue weighted by Gasteiger charge is 2.09. The topological polar surface area (TPSA) is 37.3 Å². The maximum Gasteiger partial charge on any atom is 0.336 e. The Balaban J connectivity index is 3.15. The van der Waals surface area contributed by atoms with E-state index in [4.69, 9.17) is 5.11 Å². The minimum absolute atomic E-state index is 0.356. The molecule has 2 nitrogen and oxygen atoms in total. The van der Waals surface area contributed by atoms with Gasteiger partial charge in [0, 0.05) is 4.88 Å². The standard InChI is InChI=1S/C6H6O2S2/c1-3-4(6(7)8)2-5(9)10-3/h2,9H,1H3,(H,7,8).